The van der Waals surface area contributed by atoms with E-state index in [2.05, 4.69) is 23.4 Å². The molecule has 78 valence electrons. The van der Waals surface area contributed by atoms with Crippen molar-refractivity contribution in [2.75, 3.05) is 0 Å². The van der Waals surface area contributed by atoms with Gasteiger partial charge in [-0.15, -0.1) is 0 Å². The predicted molar refractivity (Wildman–Crippen MR) is 64.0 cm³/mol. The molecule has 0 spiro atoms. The lowest BCUT2D eigenvalue weighted by Crippen LogP contribution is -2.14. The summed E-state index contributed by atoms with van der Waals surface area (Å²) in [6.07, 6.45) is 1.73. The second-order valence-corrected chi connectivity index (χ2v) is 4.42. The van der Waals surface area contributed by atoms with E-state index in [-0.39, 0.29) is 11.6 Å². The topological polar surface area (TPSA) is 37.8 Å². The van der Waals surface area contributed by atoms with E-state index >= 15 is 0 Å². The Morgan fingerprint density at radius 2 is 2.33 bits per heavy atom. The van der Waals surface area contributed by atoms with Gasteiger partial charge in [0.25, 0.3) is 5.56 Å². The van der Waals surface area contributed by atoms with E-state index in [1.165, 1.54) is 11.6 Å². The molecule has 15 heavy (non-hydrogen) atoms. The number of H-pyrrole nitrogens is 1. The van der Waals surface area contributed by atoms with Gasteiger partial charge in [0, 0.05) is 12.3 Å². The number of nitrogens with zero attached hydrogens (tertiary/aromatic N) is 1. The first kappa shape index (κ1) is 10.3. The summed E-state index contributed by atoms with van der Waals surface area (Å²) in [4.78, 5) is 13.6. The average Bonchev–Trinajstić information content (AvgIpc) is 2.69. The Morgan fingerprint density at radius 3 is 2.93 bits per heavy atom. The van der Waals surface area contributed by atoms with Gasteiger partial charge in [0.05, 0.1) is 6.04 Å². The quantitative estimate of drug-likeness (QED) is 0.817. The first-order chi connectivity index (χ1) is 7.18. The fourth-order valence-corrected chi connectivity index (χ4v) is 2.47. The minimum atomic E-state index is -0.159. The van der Waals surface area contributed by atoms with Crippen molar-refractivity contribution in [3.63, 3.8) is 0 Å². The van der Waals surface area contributed by atoms with Crippen LogP contribution >= 0.6 is 23.6 Å². The summed E-state index contributed by atoms with van der Waals surface area (Å²) >= 11 is 6.75. The zero-order chi connectivity index (χ0) is 10.8. The molecule has 1 unspecified atom stereocenters. The smallest absolute Gasteiger partial charge is 0.251 e. The van der Waals surface area contributed by atoms with Gasteiger partial charge in [0.1, 0.15) is 0 Å². The van der Waals surface area contributed by atoms with Crippen LogP contribution in [0.1, 0.15) is 18.5 Å². The Balaban J connectivity index is 2.47. The zero-order valence-corrected chi connectivity index (χ0v) is 9.77. The maximum atomic E-state index is 11.0. The van der Waals surface area contributed by atoms with E-state index in [4.69, 9.17) is 12.2 Å². The third-order valence-corrected chi connectivity index (χ3v) is 3.31. The molecule has 2 rings (SSSR count). The maximum absolute atomic E-state index is 11.0. The highest BCUT2D eigenvalue weighted by Gasteiger charge is 2.07. The van der Waals surface area contributed by atoms with E-state index in [1.54, 1.807) is 17.5 Å². The van der Waals surface area contributed by atoms with Gasteiger partial charge in [0.15, 0.2) is 4.77 Å². The lowest BCUT2D eigenvalue weighted by Gasteiger charge is -2.13. The summed E-state index contributed by atoms with van der Waals surface area (Å²) in [7, 11) is 0. The lowest BCUT2D eigenvalue weighted by molar-refractivity contribution is 0.611. The zero-order valence-electron chi connectivity index (χ0n) is 8.14. The molecule has 0 bridgehead atoms. The molecular weight excluding hydrogens is 228 g/mol. The van der Waals surface area contributed by atoms with Gasteiger partial charge in [-0.2, -0.15) is 11.3 Å². The number of nitrogens with one attached hydrogen (secondary N) is 1. The van der Waals surface area contributed by atoms with Crippen LogP contribution in [0.15, 0.2) is 33.9 Å². The van der Waals surface area contributed by atoms with Crippen LogP contribution in [0.3, 0.4) is 0 Å². The van der Waals surface area contributed by atoms with Crippen LogP contribution in [0.4, 0.5) is 0 Å². The number of aromatic amines is 1. The lowest BCUT2D eigenvalue weighted by atomic mass is 10.2. The van der Waals surface area contributed by atoms with E-state index in [0.717, 1.165) is 0 Å². The highest BCUT2D eigenvalue weighted by Crippen LogP contribution is 2.19. The highest BCUT2D eigenvalue weighted by molar-refractivity contribution is 7.71. The fourth-order valence-electron chi connectivity index (χ4n) is 1.41. The first-order valence-corrected chi connectivity index (χ1v) is 5.87. The molecule has 5 heteroatoms. The second kappa shape index (κ2) is 4.12. The minimum Gasteiger partial charge on any atom is -0.318 e. The number of hydrogen-bond acceptors (Lipinski definition) is 3. The Labute approximate surface area is 96.0 Å². The van der Waals surface area contributed by atoms with Crippen molar-refractivity contribution >= 4 is 23.6 Å². The second-order valence-electron chi connectivity index (χ2n) is 3.25. The molecule has 3 nitrogen and oxygen atoms in total. The van der Waals surface area contributed by atoms with Crippen molar-refractivity contribution in [3.05, 3.63) is 49.8 Å². The maximum Gasteiger partial charge on any atom is 0.251 e. The summed E-state index contributed by atoms with van der Waals surface area (Å²) < 4.78 is 2.33. The summed E-state index contributed by atoms with van der Waals surface area (Å²) in [5.74, 6) is 0. The van der Waals surface area contributed by atoms with Gasteiger partial charge in [0.2, 0.25) is 0 Å². The number of aromatic nitrogens is 2. The molecule has 2 aromatic rings. The van der Waals surface area contributed by atoms with Crippen molar-refractivity contribution in [1.29, 1.82) is 0 Å². The SMILES string of the molecule is CC(c1ccsc1)n1ccc(=O)[nH]c1=S. The molecule has 2 heterocycles. The third-order valence-electron chi connectivity index (χ3n) is 2.29. The van der Waals surface area contributed by atoms with Crippen LogP contribution in [0.5, 0.6) is 0 Å². The van der Waals surface area contributed by atoms with Crippen LogP contribution in [-0.4, -0.2) is 9.55 Å². The number of rotatable bonds is 2. The van der Waals surface area contributed by atoms with Crippen molar-refractivity contribution in [3.8, 4) is 0 Å². The van der Waals surface area contributed by atoms with Crippen molar-refractivity contribution in [2.45, 2.75) is 13.0 Å². The molecule has 0 fully saturated rings. The van der Waals surface area contributed by atoms with Crippen molar-refractivity contribution < 1.29 is 0 Å². The molecule has 0 aliphatic heterocycles. The normalized spacial score (nSPS) is 12.6. The van der Waals surface area contributed by atoms with Gasteiger partial charge in [-0.05, 0) is 41.5 Å². The molecule has 0 amide bonds. The van der Waals surface area contributed by atoms with Crippen LogP contribution in [0.2, 0.25) is 0 Å². The molecule has 0 saturated carbocycles. The standard InChI is InChI=1S/C10H10N2OS2/c1-7(8-3-5-15-6-8)12-4-2-9(13)11-10(12)14/h2-7H,1H3,(H,11,13,14). The number of hydrogen-bond donors (Lipinski definition) is 1. The van der Waals surface area contributed by atoms with Crippen LogP contribution in [0.25, 0.3) is 0 Å². The number of thiophene rings is 1. The fraction of sp³-hybridized carbons (Fsp3) is 0.200. The van der Waals surface area contributed by atoms with Gasteiger partial charge in [-0.25, -0.2) is 0 Å². The van der Waals surface area contributed by atoms with E-state index in [9.17, 15) is 4.79 Å². The van der Waals surface area contributed by atoms with Crippen LogP contribution in [0, 0.1) is 4.77 Å². The summed E-state index contributed by atoms with van der Waals surface area (Å²) in [6.45, 7) is 2.05. The Morgan fingerprint density at radius 1 is 1.53 bits per heavy atom. The Hall–Kier alpha value is -1.20. The Kier molecular flexibility index (Phi) is 2.83. The summed E-state index contributed by atoms with van der Waals surface area (Å²) in [6, 6.07) is 3.70. The van der Waals surface area contributed by atoms with E-state index in [0.29, 0.717) is 4.77 Å². The van der Waals surface area contributed by atoms with Crippen molar-refractivity contribution in [1.82, 2.24) is 9.55 Å². The molecule has 0 aliphatic carbocycles. The van der Waals surface area contributed by atoms with Crippen LogP contribution in [-0.2, 0) is 0 Å². The highest BCUT2D eigenvalue weighted by atomic mass is 32.1. The molecule has 2 aromatic heterocycles. The Bertz CT molecular complexity index is 553. The molecule has 0 radical (unpaired) electrons. The van der Waals surface area contributed by atoms with E-state index in [1.807, 2.05) is 9.95 Å². The van der Waals surface area contributed by atoms with E-state index < -0.39 is 0 Å². The van der Waals surface area contributed by atoms with Crippen molar-refractivity contribution in [2.24, 2.45) is 0 Å². The predicted octanol–water partition coefficient (Wildman–Crippen LogP) is 2.58. The first-order valence-electron chi connectivity index (χ1n) is 4.52. The van der Waals surface area contributed by atoms with Gasteiger partial charge < -0.3 is 4.57 Å². The molecule has 0 saturated heterocycles. The van der Waals surface area contributed by atoms with Gasteiger partial charge in [-0.3, -0.25) is 9.78 Å². The molecule has 1 N–H and O–H groups in total. The molecular formula is C10H10N2OS2. The molecule has 0 aliphatic rings. The largest absolute Gasteiger partial charge is 0.318 e. The van der Waals surface area contributed by atoms with Crippen LogP contribution < -0.4 is 5.56 Å². The average molecular weight is 238 g/mol. The monoisotopic (exact) mass is 238 g/mol. The van der Waals surface area contributed by atoms with Gasteiger partial charge in [-0.1, -0.05) is 0 Å². The third kappa shape index (κ3) is 2.08. The summed E-state index contributed by atoms with van der Waals surface area (Å²) in [5, 5.41) is 4.11. The molecule has 0 aromatic carbocycles. The summed E-state index contributed by atoms with van der Waals surface area (Å²) in [5.41, 5.74) is 1.04. The van der Waals surface area contributed by atoms with Gasteiger partial charge >= 0.3 is 0 Å². The minimum absolute atomic E-state index is 0.153. The molecule has 1 atom stereocenters.